The van der Waals surface area contributed by atoms with Crippen molar-refractivity contribution < 1.29 is 0 Å². The number of benzene rings is 2. The highest BCUT2D eigenvalue weighted by Gasteiger charge is 2.21. The van der Waals surface area contributed by atoms with E-state index in [0.717, 1.165) is 45.8 Å². The van der Waals surface area contributed by atoms with E-state index < -0.39 is 0 Å². The number of piperazine rings is 1. The maximum Gasteiger partial charge on any atom is 0.0458 e. The van der Waals surface area contributed by atoms with E-state index in [1.54, 1.807) is 0 Å². The minimum absolute atomic E-state index is 1.01. The SMILES string of the molecule is CN1CCN(c2ccc3c(c2)CN(C)CCN3c2ccccc2)CC1. The first-order valence-corrected chi connectivity index (χ1v) is 9.28. The first-order valence-electron chi connectivity index (χ1n) is 9.28. The minimum atomic E-state index is 1.01. The van der Waals surface area contributed by atoms with E-state index in [1.165, 1.54) is 22.6 Å². The number of para-hydroxylation sites is 1. The second kappa shape index (κ2) is 7.06. The van der Waals surface area contributed by atoms with Gasteiger partial charge in [-0.1, -0.05) is 18.2 Å². The van der Waals surface area contributed by atoms with Gasteiger partial charge in [-0.15, -0.1) is 0 Å². The summed E-state index contributed by atoms with van der Waals surface area (Å²) < 4.78 is 0. The lowest BCUT2D eigenvalue weighted by Crippen LogP contribution is -2.44. The molecule has 132 valence electrons. The van der Waals surface area contributed by atoms with Gasteiger partial charge in [-0.05, 0) is 50.0 Å². The van der Waals surface area contributed by atoms with E-state index in [1.807, 2.05) is 0 Å². The molecule has 1 fully saturated rings. The molecule has 0 N–H and O–H groups in total. The Hall–Kier alpha value is -2.04. The van der Waals surface area contributed by atoms with E-state index in [4.69, 9.17) is 0 Å². The van der Waals surface area contributed by atoms with Crippen LogP contribution in [0.4, 0.5) is 17.1 Å². The summed E-state index contributed by atoms with van der Waals surface area (Å²) in [5.74, 6) is 0. The van der Waals surface area contributed by atoms with Gasteiger partial charge in [0.1, 0.15) is 0 Å². The number of rotatable bonds is 2. The van der Waals surface area contributed by atoms with Crippen molar-refractivity contribution in [3.63, 3.8) is 0 Å². The third-order valence-electron chi connectivity index (χ3n) is 5.44. The summed E-state index contributed by atoms with van der Waals surface area (Å²) in [6.45, 7) is 7.65. The molecule has 0 aliphatic carbocycles. The van der Waals surface area contributed by atoms with Crippen molar-refractivity contribution >= 4 is 17.1 Å². The summed E-state index contributed by atoms with van der Waals surface area (Å²) >= 11 is 0. The average Bonchev–Trinajstić information content (AvgIpc) is 2.80. The Morgan fingerprint density at radius 1 is 0.680 bits per heavy atom. The highest BCUT2D eigenvalue weighted by molar-refractivity contribution is 5.70. The number of hydrogen-bond acceptors (Lipinski definition) is 4. The number of anilines is 3. The molecule has 0 unspecified atom stereocenters. The Balaban J connectivity index is 1.67. The molecule has 4 heteroatoms. The van der Waals surface area contributed by atoms with Crippen molar-refractivity contribution in [1.82, 2.24) is 9.80 Å². The van der Waals surface area contributed by atoms with Crippen LogP contribution in [0.3, 0.4) is 0 Å². The molecule has 25 heavy (non-hydrogen) atoms. The summed E-state index contributed by atoms with van der Waals surface area (Å²) in [4.78, 5) is 9.82. The molecule has 0 spiro atoms. The Morgan fingerprint density at radius 3 is 2.16 bits per heavy atom. The second-order valence-electron chi connectivity index (χ2n) is 7.33. The highest BCUT2D eigenvalue weighted by Crippen LogP contribution is 2.34. The summed E-state index contributed by atoms with van der Waals surface area (Å²) in [6.07, 6.45) is 0. The van der Waals surface area contributed by atoms with E-state index in [9.17, 15) is 0 Å². The van der Waals surface area contributed by atoms with Crippen LogP contribution in [0.5, 0.6) is 0 Å². The lowest BCUT2D eigenvalue weighted by Gasteiger charge is -2.34. The van der Waals surface area contributed by atoms with Crippen LogP contribution >= 0.6 is 0 Å². The smallest absolute Gasteiger partial charge is 0.0458 e. The van der Waals surface area contributed by atoms with Crippen LogP contribution in [0.25, 0.3) is 0 Å². The lowest BCUT2D eigenvalue weighted by atomic mass is 10.1. The molecule has 4 rings (SSSR count). The molecular weight excluding hydrogens is 308 g/mol. The fourth-order valence-electron chi connectivity index (χ4n) is 3.86. The number of fused-ring (bicyclic) bond motifs is 1. The summed E-state index contributed by atoms with van der Waals surface area (Å²) in [7, 11) is 4.43. The Morgan fingerprint density at radius 2 is 1.40 bits per heavy atom. The fourth-order valence-corrected chi connectivity index (χ4v) is 3.86. The van der Waals surface area contributed by atoms with Crippen LogP contribution in [-0.2, 0) is 6.54 Å². The molecule has 0 saturated carbocycles. The van der Waals surface area contributed by atoms with Crippen LogP contribution in [0.1, 0.15) is 5.56 Å². The average molecular weight is 336 g/mol. The number of nitrogens with zero attached hydrogens (tertiary/aromatic N) is 4. The molecule has 0 atom stereocenters. The van der Waals surface area contributed by atoms with Gasteiger partial charge in [-0.25, -0.2) is 0 Å². The van der Waals surface area contributed by atoms with Gasteiger partial charge in [-0.2, -0.15) is 0 Å². The molecule has 2 aromatic carbocycles. The molecule has 0 aromatic heterocycles. The van der Waals surface area contributed by atoms with Crippen molar-refractivity contribution in [3.05, 3.63) is 54.1 Å². The quantitative estimate of drug-likeness (QED) is 0.836. The molecule has 2 aliphatic heterocycles. The molecule has 2 heterocycles. The molecule has 2 aromatic rings. The van der Waals surface area contributed by atoms with Gasteiger partial charge < -0.3 is 19.6 Å². The van der Waals surface area contributed by atoms with Crippen LogP contribution in [0, 0.1) is 0 Å². The normalized spacial score (nSPS) is 19.6. The molecule has 1 saturated heterocycles. The Labute approximate surface area is 151 Å². The van der Waals surface area contributed by atoms with Gasteiger partial charge in [0, 0.05) is 62.9 Å². The first kappa shape index (κ1) is 16.4. The van der Waals surface area contributed by atoms with Gasteiger partial charge in [-0.3, -0.25) is 0 Å². The fraction of sp³-hybridized carbons (Fsp3) is 0.429. The maximum atomic E-state index is 2.53. The van der Waals surface area contributed by atoms with E-state index in [0.29, 0.717) is 0 Å². The summed E-state index contributed by atoms with van der Waals surface area (Å²) in [6, 6.07) is 17.8. The standard InChI is InChI=1S/C21H28N4/c1-22-10-13-24(14-11-22)20-8-9-21-18(16-20)17-23(2)12-15-25(21)19-6-4-3-5-7-19/h3-9,16H,10-15,17H2,1-2H3. The highest BCUT2D eigenvalue weighted by atomic mass is 15.3. The van der Waals surface area contributed by atoms with Crippen molar-refractivity contribution in [2.45, 2.75) is 6.54 Å². The van der Waals surface area contributed by atoms with Crippen molar-refractivity contribution in [3.8, 4) is 0 Å². The molecule has 2 aliphatic rings. The minimum Gasteiger partial charge on any atom is -0.369 e. The third kappa shape index (κ3) is 3.51. The van der Waals surface area contributed by atoms with Crippen LogP contribution in [-0.4, -0.2) is 63.2 Å². The molecule has 0 amide bonds. The zero-order valence-electron chi connectivity index (χ0n) is 15.4. The third-order valence-corrected chi connectivity index (χ3v) is 5.44. The van der Waals surface area contributed by atoms with Gasteiger partial charge in [0.05, 0.1) is 0 Å². The molecule has 0 radical (unpaired) electrons. The molecular formula is C21H28N4. The van der Waals surface area contributed by atoms with Gasteiger partial charge in [0.25, 0.3) is 0 Å². The zero-order chi connectivity index (χ0) is 17.2. The van der Waals surface area contributed by atoms with Crippen LogP contribution in [0.15, 0.2) is 48.5 Å². The van der Waals surface area contributed by atoms with Gasteiger partial charge >= 0.3 is 0 Å². The number of likely N-dealkylation sites (N-methyl/N-ethyl adjacent to an activating group) is 2. The number of hydrogen-bond donors (Lipinski definition) is 0. The van der Waals surface area contributed by atoms with Gasteiger partial charge in [0.2, 0.25) is 0 Å². The summed E-state index contributed by atoms with van der Waals surface area (Å²) in [5.41, 5.74) is 5.44. The largest absolute Gasteiger partial charge is 0.369 e. The second-order valence-corrected chi connectivity index (χ2v) is 7.33. The Kier molecular flexibility index (Phi) is 4.64. The summed E-state index contributed by atoms with van der Waals surface area (Å²) in [5, 5.41) is 0. The topological polar surface area (TPSA) is 13.0 Å². The monoisotopic (exact) mass is 336 g/mol. The first-order chi connectivity index (χ1) is 12.2. The van der Waals surface area contributed by atoms with Crippen LogP contribution in [0.2, 0.25) is 0 Å². The molecule has 0 bridgehead atoms. The Bertz CT molecular complexity index is 707. The predicted octanol–water partition coefficient (Wildman–Crippen LogP) is 3.02. The molecule has 4 nitrogen and oxygen atoms in total. The van der Waals surface area contributed by atoms with E-state index in [2.05, 4.69) is 82.2 Å². The van der Waals surface area contributed by atoms with E-state index >= 15 is 0 Å². The van der Waals surface area contributed by atoms with Gasteiger partial charge in [0.15, 0.2) is 0 Å². The lowest BCUT2D eigenvalue weighted by molar-refractivity contribution is 0.312. The van der Waals surface area contributed by atoms with Crippen molar-refractivity contribution in [2.24, 2.45) is 0 Å². The maximum absolute atomic E-state index is 2.53. The predicted molar refractivity (Wildman–Crippen MR) is 106 cm³/mol. The zero-order valence-corrected chi connectivity index (χ0v) is 15.4. The van der Waals surface area contributed by atoms with Crippen molar-refractivity contribution in [1.29, 1.82) is 0 Å². The van der Waals surface area contributed by atoms with Crippen molar-refractivity contribution in [2.75, 3.05) is 63.2 Å². The van der Waals surface area contributed by atoms with Crippen LogP contribution < -0.4 is 9.80 Å². The van der Waals surface area contributed by atoms with E-state index in [-0.39, 0.29) is 0 Å².